The molecule has 0 radical (unpaired) electrons. The van der Waals surface area contributed by atoms with Gasteiger partial charge in [-0.05, 0) is 30.9 Å². The lowest BCUT2D eigenvalue weighted by Gasteiger charge is -2.35. The third-order valence-electron chi connectivity index (χ3n) is 6.50. The number of carbonyl (C=O) groups excluding carboxylic acids is 2. The highest BCUT2D eigenvalue weighted by Gasteiger charge is 2.32. The summed E-state index contributed by atoms with van der Waals surface area (Å²) in [7, 11) is 1.69. The second-order valence-electron chi connectivity index (χ2n) is 8.77. The molecule has 0 spiro atoms. The minimum absolute atomic E-state index is 0.0263. The zero-order valence-corrected chi connectivity index (χ0v) is 18.4. The molecule has 0 bridgehead atoms. The standard InChI is InChI=1S/C24H29N5O3/c1-32-21-5-3-2-4-18(21)16-27-8-10-28(11-9-27)24(31)19-12-20-23(25-13-19)26-14-22(30)29(20)15-17-6-7-17/h2-5,12-13,17H,6-11,14-16H2,1H3,(H,25,26). The van der Waals surface area contributed by atoms with Crippen LogP contribution < -0.4 is 15.0 Å². The summed E-state index contributed by atoms with van der Waals surface area (Å²) >= 11 is 0. The number of amides is 2. The number of benzene rings is 1. The van der Waals surface area contributed by atoms with Gasteiger partial charge in [-0.15, -0.1) is 0 Å². The molecular formula is C24H29N5O3. The van der Waals surface area contributed by atoms with Gasteiger partial charge in [0.25, 0.3) is 5.91 Å². The smallest absolute Gasteiger partial charge is 0.255 e. The van der Waals surface area contributed by atoms with Crippen molar-refractivity contribution in [3.05, 3.63) is 47.7 Å². The fourth-order valence-corrected chi connectivity index (χ4v) is 4.43. The summed E-state index contributed by atoms with van der Waals surface area (Å²) in [5, 5.41) is 3.08. The van der Waals surface area contributed by atoms with Gasteiger partial charge in [0.05, 0.1) is 24.9 Å². The number of nitrogens with zero attached hydrogens (tertiary/aromatic N) is 4. The number of carbonyl (C=O) groups is 2. The van der Waals surface area contributed by atoms with Gasteiger partial charge in [0.15, 0.2) is 0 Å². The van der Waals surface area contributed by atoms with Crippen molar-refractivity contribution in [2.45, 2.75) is 19.4 Å². The van der Waals surface area contributed by atoms with Crippen LogP contribution in [0.3, 0.4) is 0 Å². The first-order valence-corrected chi connectivity index (χ1v) is 11.3. The molecule has 3 heterocycles. The van der Waals surface area contributed by atoms with Crippen LogP contribution in [0.25, 0.3) is 0 Å². The summed E-state index contributed by atoms with van der Waals surface area (Å²) in [6.45, 7) is 4.70. The second kappa shape index (κ2) is 8.78. The highest BCUT2D eigenvalue weighted by atomic mass is 16.5. The van der Waals surface area contributed by atoms with Crippen molar-refractivity contribution in [2.75, 3.05) is 56.6 Å². The Kier molecular flexibility index (Phi) is 5.70. The van der Waals surface area contributed by atoms with Gasteiger partial charge in [-0.25, -0.2) is 4.98 Å². The van der Waals surface area contributed by atoms with Crippen LogP contribution in [0.4, 0.5) is 11.5 Å². The molecule has 1 aliphatic carbocycles. The van der Waals surface area contributed by atoms with Crippen LogP contribution in [0.5, 0.6) is 5.75 Å². The molecule has 2 aromatic rings. The number of hydrogen-bond donors (Lipinski definition) is 1. The average Bonchev–Trinajstić information content (AvgIpc) is 3.65. The fraction of sp³-hybridized carbons (Fsp3) is 0.458. The van der Waals surface area contributed by atoms with E-state index in [-0.39, 0.29) is 18.4 Å². The monoisotopic (exact) mass is 435 g/mol. The highest BCUT2D eigenvalue weighted by Crippen LogP contribution is 2.35. The Morgan fingerprint density at radius 1 is 1.19 bits per heavy atom. The third kappa shape index (κ3) is 4.27. The molecule has 168 valence electrons. The molecule has 8 nitrogen and oxygen atoms in total. The summed E-state index contributed by atoms with van der Waals surface area (Å²) in [4.78, 5) is 36.1. The first kappa shape index (κ1) is 20.8. The van der Waals surface area contributed by atoms with Crippen molar-refractivity contribution in [1.82, 2.24) is 14.8 Å². The molecule has 2 amide bonds. The van der Waals surface area contributed by atoms with Crippen molar-refractivity contribution in [3.63, 3.8) is 0 Å². The number of fused-ring (bicyclic) bond motifs is 1. The normalized spacial score (nSPS) is 18.8. The zero-order chi connectivity index (χ0) is 22.1. The molecule has 3 aliphatic rings. The first-order valence-electron chi connectivity index (χ1n) is 11.3. The maximum atomic E-state index is 13.2. The summed E-state index contributed by atoms with van der Waals surface area (Å²) in [6.07, 6.45) is 3.95. The van der Waals surface area contributed by atoms with E-state index in [1.54, 1.807) is 18.2 Å². The van der Waals surface area contributed by atoms with E-state index >= 15 is 0 Å². The molecule has 0 unspecified atom stereocenters. The van der Waals surface area contributed by atoms with Gasteiger partial charge in [0.2, 0.25) is 5.91 Å². The van der Waals surface area contributed by atoms with E-state index in [2.05, 4.69) is 21.3 Å². The van der Waals surface area contributed by atoms with Gasteiger partial charge < -0.3 is 19.9 Å². The molecular weight excluding hydrogens is 406 g/mol. The van der Waals surface area contributed by atoms with Crippen molar-refractivity contribution in [2.24, 2.45) is 5.92 Å². The molecule has 8 heteroatoms. The Balaban J connectivity index is 1.24. The second-order valence-corrected chi connectivity index (χ2v) is 8.77. The van der Waals surface area contributed by atoms with Crippen LogP contribution in [0, 0.1) is 5.92 Å². The third-order valence-corrected chi connectivity index (χ3v) is 6.50. The number of ether oxygens (including phenoxy) is 1. The number of aromatic nitrogens is 1. The number of nitrogens with one attached hydrogen (secondary N) is 1. The Morgan fingerprint density at radius 3 is 2.72 bits per heavy atom. The average molecular weight is 436 g/mol. The van der Waals surface area contributed by atoms with Crippen LogP contribution >= 0.6 is 0 Å². The number of rotatable bonds is 6. The van der Waals surface area contributed by atoms with Crippen LogP contribution in [0.1, 0.15) is 28.8 Å². The van der Waals surface area contributed by atoms with Crippen molar-refractivity contribution >= 4 is 23.3 Å². The van der Waals surface area contributed by atoms with Gasteiger partial charge in [-0.2, -0.15) is 0 Å². The van der Waals surface area contributed by atoms with E-state index in [0.29, 0.717) is 36.9 Å². The van der Waals surface area contributed by atoms with Crippen LogP contribution in [0.15, 0.2) is 36.5 Å². The molecule has 1 aromatic heterocycles. The van der Waals surface area contributed by atoms with Crippen LogP contribution in [0.2, 0.25) is 0 Å². The largest absolute Gasteiger partial charge is 0.496 e. The maximum Gasteiger partial charge on any atom is 0.255 e. The van der Waals surface area contributed by atoms with Gasteiger partial charge in [0, 0.05) is 51.0 Å². The molecule has 0 atom stereocenters. The number of piperazine rings is 1. The molecule has 32 heavy (non-hydrogen) atoms. The number of methoxy groups -OCH3 is 1. The zero-order valence-electron chi connectivity index (χ0n) is 18.4. The SMILES string of the molecule is COc1ccccc1CN1CCN(C(=O)c2cnc3c(c2)N(CC2CC2)C(=O)CN3)CC1. The predicted molar refractivity (Wildman–Crippen MR) is 122 cm³/mol. The molecule has 5 rings (SSSR count). The van der Waals surface area contributed by atoms with E-state index < -0.39 is 0 Å². The maximum absolute atomic E-state index is 13.2. The number of pyridine rings is 1. The van der Waals surface area contributed by atoms with Gasteiger partial charge in [0.1, 0.15) is 11.6 Å². The van der Waals surface area contributed by atoms with E-state index in [4.69, 9.17) is 4.74 Å². The Morgan fingerprint density at radius 2 is 1.97 bits per heavy atom. The van der Waals surface area contributed by atoms with E-state index in [0.717, 1.165) is 49.5 Å². The summed E-state index contributed by atoms with van der Waals surface area (Å²) < 4.78 is 5.46. The Bertz CT molecular complexity index is 1010. The fourth-order valence-electron chi connectivity index (χ4n) is 4.43. The Hall–Kier alpha value is -3.13. The predicted octanol–water partition coefficient (Wildman–Crippen LogP) is 2.22. The highest BCUT2D eigenvalue weighted by molar-refractivity contribution is 6.04. The van der Waals surface area contributed by atoms with E-state index in [1.807, 2.05) is 29.2 Å². The molecule has 1 aromatic carbocycles. The number of hydrogen-bond acceptors (Lipinski definition) is 6. The lowest BCUT2D eigenvalue weighted by Crippen LogP contribution is -2.48. The van der Waals surface area contributed by atoms with Gasteiger partial charge in [-0.1, -0.05) is 18.2 Å². The molecule has 1 N–H and O–H groups in total. The number of anilines is 2. The van der Waals surface area contributed by atoms with Crippen molar-refractivity contribution in [3.8, 4) is 5.75 Å². The lowest BCUT2D eigenvalue weighted by molar-refractivity contribution is -0.117. The summed E-state index contributed by atoms with van der Waals surface area (Å²) in [6, 6.07) is 9.88. The van der Waals surface area contributed by atoms with Crippen LogP contribution in [-0.4, -0.2) is 73.0 Å². The topological polar surface area (TPSA) is 78.0 Å². The molecule has 1 saturated carbocycles. The van der Waals surface area contributed by atoms with E-state index in [1.165, 1.54) is 0 Å². The van der Waals surface area contributed by atoms with Crippen LogP contribution in [-0.2, 0) is 11.3 Å². The van der Waals surface area contributed by atoms with Gasteiger partial charge in [-0.3, -0.25) is 14.5 Å². The molecule has 2 aliphatic heterocycles. The molecule has 1 saturated heterocycles. The van der Waals surface area contributed by atoms with E-state index in [9.17, 15) is 9.59 Å². The minimum Gasteiger partial charge on any atom is -0.496 e. The number of para-hydroxylation sites is 1. The summed E-state index contributed by atoms with van der Waals surface area (Å²) in [5.41, 5.74) is 2.43. The minimum atomic E-state index is -0.0263. The van der Waals surface area contributed by atoms with Crippen molar-refractivity contribution in [1.29, 1.82) is 0 Å². The summed E-state index contributed by atoms with van der Waals surface area (Å²) in [5.74, 6) is 2.16. The quantitative estimate of drug-likeness (QED) is 0.750. The van der Waals surface area contributed by atoms with Gasteiger partial charge >= 0.3 is 0 Å². The molecule has 2 fully saturated rings. The Labute approximate surface area is 188 Å². The van der Waals surface area contributed by atoms with Crippen molar-refractivity contribution < 1.29 is 14.3 Å². The first-order chi connectivity index (χ1) is 15.6. The lowest BCUT2D eigenvalue weighted by atomic mass is 10.1.